The van der Waals surface area contributed by atoms with Gasteiger partial charge in [0.15, 0.2) is 34.8 Å². The molecule has 0 aliphatic carbocycles. The SMILES string of the molecule is CC(C)(C)OC(=O)COCCOCCOCCOc1c(F)cc(N)cc1F.CC(C)(C)OC(=O)COCCOCCOCCOc1c(F)cc([N+](=O)[O-])cc1F. The van der Waals surface area contributed by atoms with Gasteiger partial charge >= 0.3 is 11.9 Å². The summed E-state index contributed by atoms with van der Waals surface area (Å²) in [7, 11) is 0. The lowest BCUT2D eigenvalue weighted by Crippen LogP contribution is -2.27. The highest BCUT2D eigenvalue weighted by atomic mass is 19.1. The molecule has 0 saturated carbocycles. The Morgan fingerprint density at radius 2 is 0.839 bits per heavy atom. The van der Waals surface area contributed by atoms with Gasteiger partial charge in [0, 0.05) is 17.8 Å². The van der Waals surface area contributed by atoms with Gasteiger partial charge in [-0.15, -0.1) is 0 Å². The Morgan fingerprint density at radius 3 is 1.14 bits per heavy atom. The van der Waals surface area contributed by atoms with Crippen molar-refractivity contribution in [1.82, 2.24) is 0 Å². The zero-order valence-corrected chi connectivity index (χ0v) is 32.5. The van der Waals surface area contributed by atoms with Crippen LogP contribution in [0, 0.1) is 33.4 Å². The number of hydrogen-bond acceptors (Lipinski definition) is 15. The van der Waals surface area contributed by atoms with E-state index in [0.29, 0.717) is 25.3 Å². The second-order valence-corrected chi connectivity index (χ2v) is 13.2. The molecule has 16 nitrogen and oxygen atoms in total. The van der Waals surface area contributed by atoms with E-state index in [0.717, 1.165) is 12.1 Å². The van der Waals surface area contributed by atoms with Crippen LogP contribution in [0.2, 0.25) is 0 Å². The van der Waals surface area contributed by atoms with Crippen molar-refractivity contribution in [3.05, 3.63) is 57.6 Å². The number of halogens is 4. The Labute approximate surface area is 322 Å². The average Bonchev–Trinajstić information content (AvgIpc) is 3.06. The summed E-state index contributed by atoms with van der Waals surface area (Å²) in [5.74, 6) is -6.10. The summed E-state index contributed by atoms with van der Waals surface area (Å²) in [5, 5.41) is 10.5. The maximum absolute atomic E-state index is 13.6. The molecule has 0 bridgehead atoms. The van der Waals surface area contributed by atoms with Crippen molar-refractivity contribution in [3.63, 3.8) is 0 Å². The van der Waals surface area contributed by atoms with E-state index in [2.05, 4.69) is 0 Å². The number of rotatable bonds is 25. The zero-order valence-electron chi connectivity index (χ0n) is 32.5. The van der Waals surface area contributed by atoms with E-state index in [1.807, 2.05) is 0 Å². The molecule has 0 radical (unpaired) electrons. The molecule has 2 aromatic carbocycles. The molecule has 2 aromatic rings. The molecule has 0 heterocycles. The first-order chi connectivity index (χ1) is 26.3. The van der Waals surface area contributed by atoms with Crippen molar-refractivity contribution >= 4 is 23.3 Å². The van der Waals surface area contributed by atoms with E-state index in [9.17, 15) is 37.3 Å². The van der Waals surface area contributed by atoms with E-state index in [4.69, 9.17) is 53.1 Å². The number of esters is 2. The minimum Gasteiger partial charge on any atom is -0.485 e. The Balaban J connectivity index is 0.000000561. The Bertz CT molecular complexity index is 1440. The van der Waals surface area contributed by atoms with Crippen LogP contribution in [0.25, 0.3) is 0 Å². The number of hydrogen-bond donors (Lipinski definition) is 1. The van der Waals surface area contributed by atoms with E-state index >= 15 is 0 Å². The van der Waals surface area contributed by atoms with Crippen molar-refractivity contribution in [3.8, 4) is 11.5 Å². The van der Waals surface area contributed by atoms with Crippen LogP contribution in [0.4, 0.5) is 28.9 Å². The molecule has 20 heteroatoms. The van der Waals surface area contributed by atoms with Gasteiger partial charge < -0.3 is 53.1 Å². The standard InChI is InChI=1S/C18H25F2NO8.C18H27F2NO6/c1-18(2,3)29-16(22)12-27-7-6-25-4-5-26-8-9-28-17-14(19)10-13(21(23)24)11-15(17)20;1-18(2,3)27-16(22)12-25-7-6-23-4-5-24-8-9-26-17-14(19)10-13(21)11-15(17)20/h10-11H,4-9,12H2,1-3H3;10-11H,4-9,12,21H2,1-3H3. The lowest BCUT2D eigenvalue weighted by atomic mass is 10.2. The molecule has 0 fully saturated rings. The molecule has 0 aliphatic heterocycles. The van der Waals surface area contributed by atoms with Gasteiger partial charge in [0.2, 0.25) is 0 Å². The molecule has 0 saturated heterocycles. The predicted molar refractivity (Wildman–Crippen MR) is 191 cm³/mol. The molecule has 318 valence electrons. The molecule has 0 unspecified atom stereocenters. The Hall–Kier alpha value is -4.34. The third-order valence-corrected chi connectivity index (χ3v) is 5.93. The van der Waals surface area contributed by atoms with E-state index in [1.54, 1.807) is 41.5 Å². The van der Waals surface area contributed by atoms with Crippen molar-refractivity contribution in [2.75, 3.05) is 98.2 Å². The van der Waals surface area contributed by atoms with E-state index in [1.165, 1.54) is 0 Å². The number of non-ortho nitro benzene ring substituents is 1. The minimum absolute atomic E-state index is 0.0131. The van der Waals surface area contributed by atoms with Gasteiger partial charge in [0.1, 0.15) is 37.6 Å². The number of nitrogens with zero attached hydrogens (tertiary/aromatic N) is 1. The monoisotopic (exact) mass is 812 g/mol. The fourth-order valence-electron chi connectivity index (χ4n) is 3.85. The quantitative estimate of drug-likeness (QED) is 0.0353. The van der Waals surface area contributed by atoms with Crippen LogP contribution in [0.3, 0.4) is 0 Å². The number of benzene rings is 2. The number of nitro benzene ring substituents is 1. The second kappa shape index (κ2) is 26.5. The highest BCUT2D eigenvalue weighted by Crippen LogP contribution is 2.27. The molecule has 2 N–H and O–H groups in total. The first kappa shape index (κ1) is 49.7. The molecule has 0 spiro atoms. The maximum atomic E-state index is 13.6. The summed E-state index contributed by atoms with van der Waals surface area (Å²) in [6, 6.07) is 3.13. The summed E-state index contributed by atoms with van der Waals surface area (Å²) in [4.78, 5) is 32.4. The third-order valence-electron chi connectivity index (χ3n) is 5.93. The van der Waals surface area contributed by atoms with Gasteiger partial charge in [-0.2, -0.15) is 0 Å². The third kappa shape index (κ3) is 24.2. The van der Waals surface area contributed by atoms with Crippen LogP contribution < -0.4 is 15.2 Å². The Morgan fingerprint density at radius 1 is 0.554 bits per heavy atom. The molecule has 0 aromatic heterocycles. The first-order valence-corrected chi connectivity index (χ1v) is 17.3. The lowest BCUT2D eigenvalue weighted by Gasteiger charge is -2.19. The normalized spacial score (nSPS) is 11.4. The van der Waals surface area contributed by atoms with Crippen LogP contribution >= 0.6 is 0 Å². The zero-order chi connectivity index (χ0) is 42.1. The van der Waals surface area contributed by atoms with Crippen molar-refractivity contribution in [2.45, 2.75) is 52.7 Å². The second-order valence-electron chi connectivity index (χ2n) is 13.2. The van der Waals surface area contributed by atoms with Crippen LogP contribution in [0.5, 0.6) is 11.5 Å². The molecule has 56 heavy (non-hydrogen) atoms. The molecule has 0 amide bonds. The fourth-order valence-corrected chi connectivity index (χ4v) is 3.85. The number of carbonyl (C=O) groups excluding carboxylic acids is 2. The van der Waals surface area contributed by atoms with Gasteiger partial charge in [-0.1, -0.05) is 0 Å². The van der Waals surface area contributed by atoms with Crippen LogP contribution in [-0.2, 0) is 47.5 Å². The van der Waals surface area contributed by atoms with Gasteiger partial charge in [-0.3, -0.25) is 10.1 Å². The van der Waals surface area contributed by atoms with E-state index in [-0.39, 0.29) is 85.0 Å². The predicted octanol–water partition coefficient (Wildman–Crippen LogP) is 4.96. The van der Waals surface area contributed by atoms with Crippen LogP contribution in [-0.4, -0.2) is 121 Å². The summed E-state index contributed by atoms with van der Waals surface area (Å²) in [6.45, 7) is 12.4. The van der Waals surface area contributed by atoms with Gasteiger partial charge in [-0.05, 0) is 41.5 Å². The van der Waals surface area contributed by atoms with Gasteiger partial charge in [0.05, 0.1) is 83.1 Å². The highest BCUT2D eigenvalue weighted by Gasteiger charge is 2.19. The molecule has 0 aliphatic rings. The molecule has 2 rings (SSSR count). The van der Waals surface area contributed by atoms with Crippen LogP contribution in [0.1, 0.15) is 41.5 Å². The Kier molecular flexibility index (Phi) is 23.5. The van der Waals surface area contributed by atoms with E-state index < -0.39 is 68.5 Å². The summed E-state index contributed by atoms with van der Waals surface area (Å²) in [5.41, 5.74) is 3.50. The van der Waals surface area contributed by atoms with Crippen LogP contribution in [0.15, 0.2) is 24.3 Å². The highest BCUT2D eigenvalue weighted by molar-refractivity contribution is 5.71. The average molecular weight is 813 g/mol. The van der Waals surface area contributed by atoms with Gasteiger partial charge in [-0.25, -0.2) is 27.2 Å². The topological polar surface area (TPSA) is 196 Å². The largest absolute Gasteiger partial charge is 0.485 e. The van der Waals surface area contributed by atoms with Crippen molar-refractivity contribution < 1.29 is 79.4 Å². The summed E-state index contributed by atoms with van der Waals surface area (Å²) in [6.07, 6.45) is 0. The molecular weight excluding hydrogens is 760 g/mol. The lowest BCUT2D eigenvalue weighted by molar-refractivity contribution is -0.385. The number of nitro groups is 1. The first-order valence-electron chi connectivity index (χ1n) is 17.3. The summed E-state index contributed by atoms with van der Waals surface area (Å²) >= 11 is 0. The number of ether oxygens (including phenoxy) is 10. The van der Waals surface area contributed by atoms with Crippen molar-refractivity contribution in [1.29, 1.82) is 0 Å². The molecular formula is C36H52F4N2O14. The van der Waals surface area contributed by atoms with Crippen molar-refractivity contribution in [2.24, 2.45) is 0 Å². The molecule has 0 atom stereocenters. The fraction of sp³-hybridized carbons (Fsp3) is 0.611. The number of anilines is 1. The number of carbonyl (C=O) groups is 2. The van der Waals surface area contributed by atoms with Gasteiger partial charge in [0.25, 0.3) is 5.69 Å². The summed E-state index contributed by atoms with van der Waals surface area (Å²) < 4.78 is 105. The minimum atomic E-state index is -1.16. The number of nitrogen functional groups attached to an aromatic ring is 1. The smallest absolute Gasteiger partial charge is 0.332 e. The maximum Gasteiger partial charge on any atom is 0.332 e. The number of nitrogens with two attached hydrogens (primary N) is 1.